The van der Waals surface area contributed by atoms with Gasteiger partial charge < -0.3 is 18.1 Å². The van der Waals surface area contributed by atoms with Crippen molar-refractivity contribution in [2.75, 3.05) is 5.73 Å². The molecule has 0 spiro atoms. The van der Waals surface area contributed by atoms with Crippen LogP contribution in [0.25, 0.3) is 0 Å². The number of aromatic nitrogens is 4. The molecule has 0 unspecified atom stereocenters. The number of nitrogens with two attached hydrogens (primary N) is 1. The van der Waals surface area contributed by atoms with Gasteiger partial charge in [0.2, 0.25) is 0 Å². The van der Waals surface area contributed by atoms with Crippen molar-refractivity contribution in [2.45, 2.75) is 33.9 Å². The van der Waals surface area contributed by atoms with Crippen molar-refractivity contribution < 1.29 is 17.1 Å². The molecule has 0 atom stereocenters. The van der Waals surface area contributed by atoms with Crippen LogP contribution in [0, 0.1) is 5.92 Å². The predicted molar refractivity (Wildman–Crippen MR) is 45.1 cm³/mol. The van der Waals surface area contributed by atoms with Crippen molar-refractivity contribution in [3.63, 3.8) is 0 Å². The normalized spacial score (nSPS) is 10.2. The zero-order chi connectivity index (χ0) is 9.14. The third-order valence-electron chi connectivity index (χ3n) is 1.62. The molecule has 13 heavy (non-hydrogen) atoms. The highest BCUT2D eigenvalue weighted by molar-refractivity contribution is 5.02. The van der Waals surface area contributed by atoms with Gasteiger partial charge in [-0.2, -0.15) is 0 Å². The predicted octanol–water partition coefficient (Wildman–Crippen LogP) is -3.17. The molecule has 0 radical (unpaired) electrons. The van der Waals surface area contributed by atoms with Crippen LogP contribution in [-0.2, 0) is 13.1 Å². The first-order valence-electron chi connectivity index (χ1n) is 4.24. The highest BCUT2D eigenvalue weighted by Gasteiger charge is 2.14. The minimum atomic E-state index is 0. The second-order valence-corrected chi connectivity index (χ2v) is 3.23. The van der Waals surface area contributed by atoms with E-state index >= 15 is 0 Å². The summed E-state index contributed by atoms with van der Waals surface area (Å²) in [5.74, 6) is 1.17. The molecule has 0 aliphatic rings. The number of tetrazole rings is 1. The number of hydrogen-bond donors (Lipinski definition) is 1. The number of halogens is 1. The Morgan fingerprint density at radius 2 is 2.15 bits per heavy atom. The molecule has 1 aromatic heterocycles. The third-order valence-corrected chi connectivity index (χ3v) is 1.62. The van der Waals surface area contributed by atoms with Gasteiger partial charge in [-0.25, -0.2) is 0 Å². The lowest BCUT2D eigenvalue weighted by Gasteiger charge is -1.99. The smallest absolute Gasteiger partial charge is 0.362 e. The standard InChI is InChI=1S/C7H15N5.ClH/c1-4-11-7(8)12(10-9-11)5-6(2)3;/h6,8H,4-5H2,1-3H3;1H. The zero-order valence-electron chi connectivity index (χ0n) is 8.24. The van der Waals surface area contributed by atoms with Gasteiger partial charge in [-0.15, -0.1) is 4.68 Å². The fourth-order valence-corrected chi connectivity index (χ4v) is 1.02. The van der Waals surface area contributed by atoms with E-state index in [1.807, 2.05) is 6.92 Å². The third kappa shape index (κ3) is 2.84. The van der Waals surface area contributed by atoms with Crippen LogP contribution in [0.5, 0.6) is 0 Å². The molecular weight excluding hydrogens is 190 g/mol. The quantitative estimate of drug-likeness (QED) is 0.530. The van der Waals surface area contributed by atoms with Crippen LogP contribution in [0.15, 0.2) is 0 Å². The molecule has 0 fully saturated rings. The summed E-state index contributed by atoms with van der Waals surface area (Å²) in [6.07, 6.45) is 0. The van der Waals surface area contributed by atoms with Crippen molar-refractivity contribution >= 4 is 5.95 Å². The first-order valence-corrected chi connectivity index (χ1v) is 4.24. The summed E-state index contributed by atoms with van der Waals surface area (Å²) < 4.78 is 3.41. The van der Waals surface area contributed by atoms with Gasteiger partial charge in [0.15, 0.2) is 0 Å². The lowest BCUT2D eigenvalue weighted by atomic mass is 10.2. The summed E-state index contributed by atoms with van der Waals surface area (Å²) in [6.45, 7) is 7.83. The molecule has 6 heteroatoms. The topological polar surface area (TPSA) is 60.6 Å². The number of nitrogens with zero attached hydrogens (tertiary/aromatic N) is 4. The molecule has 0 aliphatic heterocycles. The summed E-state index contributed by atoms with van der Waals surface area (Å²) in [4.78, 5) is 0. The van der Waals surface area contributed by atoms with Crippen molar-refractivity contribution in [2.24, 2.45) is 5.92 Å². The molecule has 2 N–H and O–H groups in total. The first kappa shape index (κ1) is 12.2. The maximum absolute atomic E-state index is 5.76. The van der Waals surface area contributed by atoms with E-state index in [0.717, 1.165) is 13.1 Å². The Morgan fingerprint density at radius 1 is 1.54 bits per heavy atom. The van der Waals surface area contributed by atoms with Crippen molar-refractivity contribution in [1.29, 1.82) is 0 Å². The lowest BCUT2D eigenvalue weighted by Crippen LogP contribution is -3.00. The van der Waals surface area contributed by atoms with Gasteiger partial charge in [0.05, 0.1) is 18.3 Å². The van der Waals surface area contributed by atoms with Gasteiger partial charge in [0.25, 0.3) is 0 Å². The van der Waals surface area contributed by atoms with Crippen LogP contribution in [0.4, 0.5) is 5.95 Å². The first-order chi connectivity index (χ1) is 5.65. The molecule has 0 bridgehead atoms. The van der Waals surface area contributed by atoms with E-state index in [9.17, 15) is 0 Å². The average Bonchev–Trinajstić information content (AvgIpc) is 2.32. The van der Waals surface area contributed by atoms with Gasteiger partial charge in [-0.05, 0) is 12.8 Å². The molecular formula is C7H16ClN5. The second kappa shape index (κ2) is 5.01. The molecule has 1 rings (SSSR count). The molecule has 1 aromatic rings. The fourth-order valence-electron chi connectivity index (χ4n) is 1.02. The van der Waals surface area contributed by atoms with Gasteiger partial charge in [0.1, 0.15) is 5.21 Å². The fraction of sp³-hybridized carbons (Fsp3) is 0.857. The minimum absolute atomic E-state index is 0. The highest BCUT2D eigenvalue weighted by atomic mass is 35.5. The van der Waals surface area contributed by atoms with E-state index in [1.165, 1.54) is 0 Å². The largest absolute Gasteiger partial charge is 1.00 e. The van der Waals surface area contributed by atoms with Crippen molar-refractivity contribution in [1.82, 2.24) is 15.1 Å². The maximum Gasteiger partial charge on any atom is 0.362 e. The van der Waals surface area contributed by atoms with Gasteiger partial charge in [0, 0.05) is 0 Å². The van der Waals surface area contributed by atoms with Crippen molar-refractivity contribution in [3.05, 3.63) is 0 Å². The van der Waals surface area contributed by atoms with Crippen molar-refractivity contribution in [3.8, 4) is 0 Å². The summed E-state index contributed by atoms with van der Waals surface area (Å²) in [6, 6.07) is 0. The van der Waals surface area contributed by atoms with Crippen LogP contribution >= 0.6 is 0 Å². The van der Waals surface area contributed by atoms with Crippen LogP contribution in [0.2, 0.25) is 0 Å². The minimum Gasteiger partial charge on any atom is -1.00 e. The van der Waals surface area contributed by atoms with E-state index < -0.39 is 0 Å². The van der Waals surface area contributed by atoms with E-state index in [2.05, 4.69) is 24.3 Å². The number of hydrogen-bond acceptors (Lipinski definition) is 3. The maximum atomic E-state index is 5.76. The second-order valence-electron chi connectivity index (χ2n) is 3.23. The van der Waals surface area contributed by atoms with Gasteiger partial charge >= 0.3 is 5.95 Å². The van der Waals surface area contributed by atoms with E-state index in [1.54, 1.807) is 9.36 Å². The summed E-state index contributed by atoms with van der Waals surface area (Å²) in [5, 5.41) is 7.82. The Hall–Kier alpha value is -0.840. The van der Waals surface area contributed by atoms with Crippen LogP contribution in [0.3, 0.4) is 0 Å². The average molecular weight is 206 g/mol. The summed E-state index contributed by atoms with van der Waals surface area (Å²) in [5.41, 5.74) is 5.76. The number of aryl methyl sites for hydroxylation is 1. The van der Waals surface area contributed by atoms with Crippen LogP contribution in [0.1, 0.15) is 20.8 Å². The summed E-state index contributed by atoms with van der Waals surface area (Å²) in [7, 11) is 0. The van der Waals surface area contributed by atoms with Crippen LogP contribution in [-0.4, -0.2) is 15.1 Å². The van der Waals surface area contributed by atoms with Crippen LogP contribution < -0.4 is 22.8 Å². The van der Waals surface area contributed by atoms with E-state index in [0.29, 0.717) is 11.9 Å². The Morgan fingerprint density at radius 3 is 2.54 bits per heavy atom. The molecule has 0 aromatic carbocycles. The SMILES string of the molecule is CCn1nn[n+](CC(C)C)c1N.[Cl-]. The Kier molecular flexibility index (Phi) is 4.69. The zero-order valence-corrected chi connectivity index (χ0v) is 8.99. The number of anilines is 1. The Balaban J connectivity index is 0.00000144. The lowest BCUT2D eigenvalue weighted by molar-refractivity contribution is -0.746. The Labute approximate surface area is 84.3 Å². The Bertz CT molecular complexity index is 257. The molecule has 5 nitrogen and oxygen atoms in total. The van der Waals surface area contributed by atoms with Gasteiger partial charge in [-0.3, -0.25) is 0 Å². The van der Waals surface area contributed by atoms with E-state index in [4.69, 9.17) is 5.73 Å². The molecule has 76 valence electrons. The highest BCUT2D eigenvalue weighted by Crippen LogP contribution is 1.94. The molecule has 0 amide bonds. The number of rotatable bonds is 3. The monoisotopic (exact) mass is 205 g/mol. The molecule has 1 heterocycles. The number of nitrogen functional groups attached to an aromatic ring is 1. The molecule has 0 aliphatic carbocycles. The summed E-state index contributed by atoms with van der Waals surface area (Å²) >= 11 is 0. The molecule has 0 saturated carbocycles. The molecule has 0 saturated heterocycles. The van der Waals surface area contributed by atoms with Gasteiger partial charge in [-0.1, -0.05) is 18.5 Å². The van der Waals surface area contributed by atoms with E-state index in [-0.39, 0.29) is 12.4 Å².